The van der Waals surface area contributed by atoms with Gasteiger partial charge in [-0.2, -0.15) is 0 Å². The predicted octanol–water partition coefficient (Wildman–Crippen LogP) is 6.21. The highest BCUT2D eigenvalue weighted by Gasteiger charge is 2.20. The summed E-state index contributed by atoms with van der Waals surface area (Å²) >= 11 is 0. The molecule has 4 aromatic carbocycles. The van der Waals surface area contributed by atoms with Gasteiger partial charge in [0.1, 0.15) is 5.52 Å². The van der Waals surface area contributed by atoms with E-state index in [0.717, 1.165) is 22.7 Å². The van der Waals surface area contributed by atoms with Crippen LogP contribution < -0.4 is 5.19 Å². The molecule has 32 heavy (non-hydrogen) atoms. The second kappa shape index (κ2) is 8.02. The highest BCUT2D eigenvalue weighted by Crippen LogP contribution is 2.32. The van der Waals surface area contributed by atoms with Crippen molar-refractivity contribution >= 4 is 41.5 Å². The first kappa shape index (κ1) is 18.9. The van der Waals surface area contributed by atoms with E-state index in [0.29, 0.717) is 5.89 Å². The molecule has 152 valence electrons. The van der Waals surface area contributed by atoms with E-state index in [2.05, 4.69) is 95.6 Å². The van der Waals surface area contributed by atoms with Gasteiger partial charge in [0.15, 0.2) is 5.58 Å². The number of fused-ring (bicyclic) bond motifs is 1. The zero-order valence-corrected chi connectivity index (χ0v) is 18.5. The van der Waals surface area contributed by atoms with Crippen LogP contribution in [0, 0.1) is 0 Å². The number of nitrogens with zero attached hydrogens (tertiary/aromatic N) is 1. The minimum absolute atomic E-state index is 0.679. The summed E-state index contributed by atoms with van der Waals surface area (Å²) in [4.78, 5) is 4.64. The molecule has 1 aromatic heterocycles. The minimum Gasteiger partial charge on any atom is -0.436 e. The van der Waals surface area contributed by atoms with Gasteiger partial charge in [0.05, 0.1) is 8.41 Å². The molecule has 0 spiro atoms. The first-order valence-corrected chi connectivity index (χ1v) is 12.6. The van der Waals surface area contributed by atoms with Gasteiger partial charge in [0.25, 0.3) is 0 Å². The molecule has 0 saturated carbocycles. The summed E-state index contributed by atoms with van der Waals surface area (Å²) in [6.45, 7) is 0. The number of hydrogen-bond donors (Lipinski definition) is 0. The molecular weight excluding hydrogens is 406 g/mol. The van der Waals surface area contributed by atoms with Gasteiger partial charge in [0.2, 0.25) is 5.89 Å². The van der Waals surface area contributed by atoms with Crippen LogP contribution in [0.15, 0.2) is 114 Å². The third-order valence-electron chi connectivity index (χ3n) is 6.01. The maximum absolute atomic E-state index is 5.95. The van der Waals surface area contributed by atoms with E-state index in [-0.39, 0.29) is 0 Å². The van der Waals surface area contributed by atoms with Crippen LogP contribution in [0.25, 0.3) is 33.7 Å². The Bertz CT molecular complexity index is 1430. The Morgan fingerprint density at radius 3 is 2.00 bits per heavy atom. The Morgan fingerprint density at radius 2 is 1.28 bits per heavy atom. The molecule has 1 aliphatic heterocycles. The SMILES string of the molecule is C1=[Si](c2ccc(-c3nc4ccccc4o3)cc2)CC(c2ccccc2)=C1c1ccccc1. The fourth-order valence-electron chi connectivity index (χ4n) is 4.38. The van der Waals surface area contributed by atoms with Crippen LogP contribution in [0.5, 0.6) is 0 Å². The van der Waals surface area contributed by atoms with Crippen molar-refractivity contribution in [2.45, 2.75) is 6.04 Å². The number of para-hydroxylation sites is 2. The molecule has 0 N–H and O–H groups in total. The lowest BCUT2D eigenvalue weighted by molar-refractivity contribution is 0.620. The van der Waals surface area contributed by atoms with Gasteiger partial charge in [-0.05, 0) is 57.8 Å². The van der Waals surface area contributed by atoms with Gasteiger partial charge in [-0.3, -0.25) is 0 Å². The van der Waals surface area contributed by atoms with Crippen LogP contribution in [0.2, 0.25) is 6.04 Å². The summed E-state index contributed by atoms with van der Waals surface area (Å²) in [5.74, 6) is 0.679. The summed E-state index contributed by atoms with van der Waals surface area (Å²) < 4.78 is 5.95. The Hall–Kier alpha value is -3.82. The molecule has 5 aromatic rings. The van der Waals surface area contributed by atoms with Gasteiger partial charge >= 0.3 is 0 Å². The zero-order valence-electron chi connectivity index (χ0n) is 17.5. The molecule has 0 bridgehead atoms. The maximum Gasteiger partial charge on any atom is 0.227 e. The highest BCUT2D eigenvalue weighted by atomic mass is 28.2. The first-order valence-electron chi connectivity index (χ1n) is 10.9. The molecule has 2 heterocycles. The molecule has 0 unspecified atom stereocenters. The Morgan fingerprint density at radius 1 is 0.625 bits per heavy atom. The molecule has 6 rings (SSSR count). The summed E-state index contributed by atoms with van der Waals surface area (Å²) in [5, 5.41) is 1.41. The molecule has 0 saturated heterocycles. The van der Waals surface area contributed by atoms with Crippen molar-refractivity contribution in [2.24, 2.45) is 0 Å². The second-order valence-corrected chi connectivity index (χ2v) is 10.3. The Balaban J connectivity index is 1.35. The van der Waals surface area contributed by atoms with Crippen molar-refractivity contribution in [2.75, 3.05) is 0 Å². The van der Waals surface area contributed by atoms with Gasteiger partial charge < -0.3 is 4.42 Å². The maximum atomic E-state index is 5.95. The monoisotopic (exact) mass is 427 g/mol. The van der Waals surface area contributed by atoms with Crippen LogP contribution in [-0.2, 0) is 0 Å². The Labute approximate surface area is 188 Å². The highest BCUT2D eigenvalue weighted by molar-refractivity contribution is 6.86. The number of hydrogen-bond acceptors (Lipinski definition) is 2. The van der Waals surface area contributed by atoms with Gasteiger partial charge in [-0.25, -0.2) is 4.98 Å². The molecule has 0 radical (unpaired) electrons. The summed E-state index contributed by atoms with van der Waals surface area (Å²) in [5.41, 5.74) is 10.7. The number of allylic oxidation sites excluding steroid dienone is 2. The molecular formula is C29H21NOSi. The van der Waals surface area contributed by atoms with Crippen molar-refractivity contribution in [3.63, 3.8) is 0 Å². The smallest absolute Gasteiger partial charge is 0.227 e. The lowest BCUT2D eigenvalue weighted by Crippen LogP contribution is -2.21. The van der Waals surface area contributed by atoms with Crippen LogP contribution in [0.4, 0.5) is 0 Å². The fraction of sp³-hybridized carbons (Fsp3) is 0.0345. The molecule has 2 nitrogen and oxygen atoms in total. The second-order valence-electron chi connectivity index (χ2n) is 8.03. The van der Waals surface area contributed by atoms with Gasteiger partial charge in [-0.15, -0.1) is 0 Å². The molecule has 3 heteroatoms. The fourth-order valence-corrected chi connectivity index (χ4v) is 6.91. The average Bonchev–Trinajstić information content (AvgIpc) is 3.50. The van der Waals surface area contributed by atoms with Gasteiger partial charge in [-0.1, -0.05) is 90.6 Å². The number of aromatic nitrogens is 1. The van der Waals surface area contributed by atoms with Crippen molar-refractivity contribution in [1.82, 2.24) is 4.98 Å². The van der Waals surface area contributed by atoms with E-state index < -0.39 is 8.41 Å². The van der Waals surface area contributed by atoms with E-state index in [1.807, 2.05) is 24.3 Å². The summed E-state index contributed by atoms with van der Waals surface area (Å²) in [7, 11) is -0.853. The van der Waals surface area contributed by atoms with E-state index in [4.69, 9.17) is 4.42 Å². The van der Waals surface area contributed by atoms with Crippen molar-refractivity contribution in [3.8, 4) is 11.5 Å². The minimum atomic E-state index is -0.853. The van der Waals surface area contributed by atoms with Crippen molar-refractivity contribution in [1.29, 1.82) is 0 Å². The quantitative estimate of drug-likeness (QED) is 0.319. The lowest BCUT2D eigenvalue weighted by Gasteiger charge is -2.09. The van der Waals surface area contributed by atoms with Crippen LogP contribution >= 0.6 is 0 Å². The van der Waals surface area contributed by atoms with Crippen molar-refractivity contribution in [3.05, 3.63) is 120 Å². The third kappa shape index (κ3) is 3.47. The van der Waals surface area contributed by atoms with E-state index in [9.17, 15) is 0 Å². The van der Waals surface area contributed by atoms with E-state index in [1.165, 1.54) is 27.5 Å². The number of rotatable bonds is 4. The van der Waals surface area contributed by atoms with Crippen molar-refractivity contribution < 1.29 is 4.42 Å². The average molecular weight is 428 g/mol. The Kier molecular flexibility index (Phi) is 4.74. The van der Waals surface area contributed by atoms with Crippen LogP contribution in [0.3, 0.4) is 0 Å². The summed E-state index contributed by atoms with van der Waals surface area (Å²) in [6, 6.07) is 39.4. The first-order chi connectivity index (χ1) is 15.8. The van der Waals surface area contributed by atoms with E-state index in [1.54, 1.807) is 0 Å². The van der Waals surface area contributed by atoms with Crippen LogP contribution in [0.1, 0.15) is 11.1 Å². The summed E-state index contributed by atoms with van der Waals surface area (Å²) in [6.07, 6.45) is 0. The standard InChI is InChI=1S/C29H21NOSi/c1-3-9-21(10-4-1)25-19-32(20-26(25)22-11-5-2-6-12-22)24-17-15-23(16-18-24)29-30-27-13-7-8-14-28(27)31-29/h1-19H,20H2. The molecule has 0 atom stereocenters. The molecule has 0 amide bonds. The third-order valence-corrected chi connectivity index (χ3v) is 8.46. The molecule has 0 fully saturated rings. The molecule has 0 aliphatic carbocycles. The number of benzene rings is 4. The lowest BCUT2D eigenvalue weighted by atomic mass is 9.97. The predicted molar refractivity (Wildman–Crippen MR) is 135 cm³/mol. The largest absolute Gasteiger partial charge is 0.436 e. The van der Waals surface area contributed by atoms with Crippen LogP contribution in [-0.4, -0.2) is 19.1 Å². The zero-order chi connectivity index (χ0) is 21.3. The normalized spacial score (nSPS) is 13.6. The topological polar surface area (TPSA) is 26.0 Å². The van der Waals surface area contributed by atoms with E-state index >= 15 is 0 Å². The molecule has 1 aliphatic rings. The van der Waals surface area contributed by atoms with Gasteiger partial charge in [0, 0.05) is 5.56 Å². The number of oxazole rings is 1.